The predicted molar refractivity (Wildman–Crippen MR) is 99.9 cm³/mol. The van der Waals surface area contributed by atoms with Gasteiger partial charge < -0.3 is 5.32 Å². The maximum atomic E-state index is 12.9. The summed E-state index contributed by atoms with van der Waals surface area (Å²) >= 11 is 0. The molecule has 2 unspecified atom stereocenters. The molecular weight excluding hydrogens is 296 g/mol. The Labute approximate surface area is 145 Å². The maximum Gasteiger partial charge on any atom is 0.238 e. The van der Waals surface area contributed by atoms with Gasteiger partial charge in [-0.1, -0.05) is 50.2 Å². The van der Waals surface area contributed by atoms with Crippen molar-refractivity contribution < 1.29 is 4.79 Å². The van der Waals surface area contributed by atoms with Crippen molar-refractivity contribution in [2.45, 2.75) is 45.7 Å². The Kier molecular flexibility index (Phi) is 5.20. The molecule has 0 aliphatic carbocycles. The molecule has 3 nitrogen and oxygen atoms in total. The van der Waals surface area contributed by atoms with Gasteiger partial charge in [0.05, 0.1) is 12.1 Å². The molecule has 1 heterocycles. The molecular formula is C21H28N2O. The molecule has 0 saturated carbocycles. The molecule has 24 heavy (non-hydrogen) atoms. The number of amides is 1. The van der Waals surface area contributed by atoms with Gasteiger partial charge in [0.2, 0.25) is 5.91 Å². The lowest BCUT2D eigenvalue weighted by Crippen LogP contribution is -2.49. The molecule has 1 N–H and O–H groups in total. The van der Waals surface area contributed by atoms with E-state index in [0.717, 1.165) is 18.7 Å². The molecule has 0 spiro atoms. The van der Waals surface area contributed by atoms with E-state index in [9.17, 15) is 4.79 Å². The van der Waals surface area contributed by atoms with E-state index in [2.05, 4.69) is 73.5 Å². The SMILES string of the molecule is CC(NC(=O)C(C(C)C)N1CCCC1)c1ccc2ccccc2c1. The minimum absolute atomic E-state index is 0.0181. The molecule has 1 saturated heterocycles. The quantitative estimate of drug-likeness (QED) is 0.896. The number of carbonyl (C=O) groups is 1. The minimum Gasteiger partial charge on any atom is -0.348 e. The van der Waals surface area contributed by atoms with E-state index in [1.54, 1.807) is 0 Å². The standard InChI is InChI=1S/C21H28N2O/c1-15(2)20(23-12-6-7-13-23)21(24)22-16(3)18-11-10-17-8-4-5-9-19(17)14-18/h4-5,8-11,14-16,20H,6-7,12-13H2,1-3H3,(H,22,24). The first kappa shape index (κ1) is 17.0. The Morgan fingerprint density at radius 2 is 1.67 bits per heavy atom. The van der Waals surface area contributed by atoms with Gasteiger partial charge in [0.15, 0.2) is 0 Å². The average Bonchev–Trinajstić information content (AvgIpc) is 3.08. The Balaban J connectivity index is 1.73. The van der Waals surface area contributed by atoms with Crippen LogP contribution in [0.15, 0.2) is 42.5 Å². The van der Waals surface area contributed by atoms with E-state index < -0.39 is 0 Å². The molecule has 3 heteroatoms. The Morgan fingerprint density at radius 1 is 1.00 bits per heavy atom. The molecule has 0 bridgehead atoms. The van der Waals surface area contributed by atoms with Crippen LogP contribution in [0, 0.1) is 5.92 Å². The molecule has 3 rings (SSSR count). The van der Waals surface area contributed by atoms with E-state index in [1.165, 1.54) is 23.6 Å². The summed E-state index contributed by atoms with van der Waals surface area (Å²) < 4.78 is 0. The summed E-state index contributed by atoms with van der Waals surface area (Å²) in [6.45, 7) is 8.44. The third-order valence-corrected chi connectivity index (χ3v) is 5.07. The van der Waals surface area contributed by atoms with Gasteiger partial charge in [-0.2, -0.15) is 0 Å². The Hall–Kier alpha value is -1.87. The number of likely N-dealkylation sites (tertiary alicyclic amines) is 1. The van der Waals surface area contributed by atoms with E-state index >= 15 is 0 Å². The second kappa shape index (κ2) is 7.35. The highest BCUT2D eigenvalue weighted by atomic mass is 16.2. The molecule has 1 aliphatic heterocycles. The molecule has 1 amide bonds. The largest absolute Gasteiger partial charge is 0.348 e. The van der Waals surface area contributed by atoms with Gasteiger partial charge in [-0.05, 0) is 61.2 Å². The van der Waals surface area contributed by atoms with Crippen LogP contribution in [0.1, 0.15) is 45.2 Å². The Morgan fingerprint density at radius 3 is 2.33 bits per heavy atom. The summed E-state index contributed by atoms with van der Waals surface area (Å²) in [4.78, 5) is 15.2. The molecule has 2 aromatic rings. The normalized spacial score (nSPS) is 18.0. The number of rotatable bonds is 5. The van der Waals surface area contributed by atoms with Crippen molar-refractivity contribution in [2.75, 3.05) is 13.1 Å². The van der Waals surface area contributed by atoms with Crippen molar-refractivity contribution in [2.24, 2.45) is 5.92 Å². The number of benzene rings is 2. The zero-order valence-electron chi connectivity index (χ0n) is 15.0. The number of hydrogen-bond donors (Lipinski definition) is 1. The average molecular weight is 324 g/mol. The first-order valence-electron chi connectivity index (χ1n) is 9.09. The van der Waals surface area contributed by atoms with E-state index in [-0.39, 0.29) is 18.0 Å². The van der Waals surface area contributed by atoms with Crippen LogP contribution < -0.4 is 5.32 Å². The second-order valence-electron chi connectivity index (χ2n) is 7.27. The number of fused-ring (bicyclic) bond motifs is 1. The summed E-state index contributed by atoms with van der Waals surface area (Å²) in [5.74, 6) is 0.486. The second-order valence-corrected chi connectivity index (χ2v) is 7.27. The van der Waals surface area contributed by atoms with Gasteiger partial charge in [-0.3, -0.25) is 9.69 Å². The third-order valence-electron chi connectivity index (χ3n) is 5.07. The smallest absolute Gasteiger partial charge is 0.238 e. The third kappa shape index (κ3) is 3.62. The Bertz CT molecular complexity index is 704. The molecule has 2 aromatic carbocycles. The molecule has 2 atom stereocenters. The van der Waals surface area contributed by atoms with E-state index in [0.29, 0.717) is 5.92 Å². The highest BCUT2D eigenvalue weighted by Crippen LogP contribution is 2.22. The zero-order chi connectivity index (χ0) is 17.1. The van der Waals surface area contributed by atoms with Crippen LogP contribution in [-0.4, -0.2) is 29.9 Å². The zero-order valence-corrected chi connectivity index (χ0v) is 15.0. The van der Waals surface area contributed by atoms with E-state index in [1.807, 2.05) is 0 Å². The van der Waals surface area contributed by atoms with Gasteiger partial charge >= 0.3 is 0 Å². The monoisotopic (exact) mass is 324 g/mol. The minimum atomic E-state index is -0.0181. The lowest BCUT2D eigenvalue weighted by atomic mass is 9.99. The van der Waals surface area contributed by atoms with Crippen molar-refractivity contribution >= 4 is 16.7 Å². The van der Waals surface area contributed by atoms with Crippen molar-refractivity contribution in [3.8, 4) is 0 Å². The van der Waals surface area contributed by atoms with Crippen LogP contribution >= 0.6 is 0 Å². The highest BCUT2D eigenvalue weighted by molar-refractivity contribution is 5.84. The number of nitrogens with zero attached hydrogens (tertiary/aromatic N) is 1. The summed E-state index contributed by atoms with van der Waals surface area (Å²) in [7, 11) is 0. The molecule has 0 radical (unpaired) electrons. The van der Waals surface area contributed by atoms with Crippen LogP contribution in [0.2, 0.25) is 0 Å². The lowest BCUT2D eigenvalue weighted by Gasteiger charge is -2.31. The summed E-state index contributed by atoms with van der Waals surface area (Å²) in [5, 5.41) is 5.69. The van der Waals surface area contributed by atoms with Crippen LogP contribution in [0.25, 0.3) is 10.8 Å². The van der Waals surface area contributed by atoms with Crippen molar-refractivity contribution in [1.29, 1.82) is 0 Å². The van der Waals surface area contributed by atoms with E-state index in [4.69, 9.17) is 0 Å². The first-order valence-corrected chi connectivity index (χ1v) is 9.09. The molecule has 0 aromatic heterocycles. The number of nitrogens with one attached hydrogen (secondary N) is 1. The van der Waals surface area contributed by atoms with Crippen molar-refractivity contribution in [3.05, 3.63) is 48.0 Å². The first-order chi connectivity index (χ1) is 11.6. The lowest BCUT2D eigenvalue weighted by molar-refractivity contribution is -0.128. The molecule has 1 fully saturated rings. The number of hydrogen-bond acceptors (Lipinski definition) is 2. The summed E-state index contributed by atoms with van der Waals surface area (Å²) in [6.07, 6.45) is 2.41. The van der Waals surface area contributed by atoms with Crippen molar-refractivity contribution in [1.82, 2.24) is 10.2 Å². The fourth-order valence-electron chi connectivity index (χ4n) is 3.77. The van der Waals surface area contributed by atoms with Gasteiger partial charge in [-0.25, -0.2) is 0 Å². The fourth-order valence-corrected chi connectivity index (χ4v) is 3.77. The predicted octanol–water partition coefficient (Wildman–Crippen LogP) is 4.14. The molecule has 1 aliphatic rings. The van der Waals surface area contributed by atoms with Crippen molar-refractivity contribution in [3.63, 3.8) is 0 Å². The summed E-state index contributed by atoms with van der Waals surface area (Å²) in [6, 6.07) is 14.8. The highest BCUT2D eigenvalue weighted by Gasteiger charge is 2.31. The van der Waals surface area contributed by atoms with Crippen LogP contribution in [-0.2, 0) is 4.79 Å². The topological polar surface area (TPSA) is 32.3 Å². The fraction of sp³-hybridized carbons (Fsp3) is 0.476. The maximum absolute atomic E-state index is 12.9. The number of carbonyl (C=O) groups excluding carboxylic acids is 1. The van der Waals surface area contributed by atoms with Crippen LogP contribution in [0.5, 0.6) is 0 Å². The van der Waals surface area contributed by atoms with Crippen LogP contribution in [0.3, 0.4) is 0 Å². The van der Waals surface area contributed by atoms with Gasteiger partial charge in [0.25, 0.3) is 0 Å². The van der Waals surface area contributed by atoms with Gasteiger partial charge in [0.1, 0.15) is 0 Å². The summed E-state index contributed by atoms with van der Waals surface area (Å²) in [5.41, 5.74) is 1.16. The van der Waals surface area contributed by atoms with Crippen LogP contribution in [0.4, 0.5) is 0 Å². The van der Waals surface area contributed by atoms with Gasteiger partial charge in [-0.15, -0.1) is 0 Å². The van der Waals surface area contributed by atoms with Gasteiger partial charge in [0, 0.05) is 0 Å². The molecule has 128 valence electrons.